The van der Waals surface area contributed by atoms with Crippen molar-refractivity contribution in [3.8, 4) is 0 Å². The van der Waals surface area contributed by atoms with Gasteiger partial charge in [-0.2, -0.15) is 0 Å². The van der Waals surface area contributed by atoms with Crippen molar-refractivity contribution in [1.82, 2.24) is 5.32 Å². The standard InChI is InChI=1S/C18H26BFN2O3/c1-11-7-15(20)13(9-16(11)21)8-14(10-22-12(2)23)19-24-17(3,4)18(5,6)25-19/h7-9H,10,21H2,1-6H3,(H,22,23). The molecule has 7 heteroatoms. The average Bonchev–Trinajstić information content (AvgIpc) is 2.68. The van der Waals surface area contributed by atoms with E-state index >= 15 is 0 Å². The third-order valence-electron chi connectivity index (χ3n) is 4.82. The molecule has 0 radical (unpaired) electrons. The van der Waals surface area contributed by atoms with Gasteiger partial charge in [-0.05, 0) is 57.8 Å². The number of benzene rings is 1. The van der Waals surface area contributed by atoms with Crippen LogP contribution in [-0.4, -0.2) is 30.8 Å². The van der Waals surface area contributed by atoms with Crippen LogP contribution < -0.4 is 11.1 Å². The summed E-state index contributed by atoms with van der Waals surface area (Å²) in [5.41, 5.74) is 6.97. The molecule has 1 fully saturated rings. The van der Waals surface area contributed by atoms with E-state index in [1.165, 1.54) is 13.0 Å². The van der Waals surface area contributed by atoms with E-state index in [2.05, 4.69) is 5.32 Å². The number of nitrogens with two attached hydrogens (primary N) is 1. The summed E-state index contributed by atoms with van der Waals surface area (Å²) in [6.45, 7) is 11.1. The zero-order chi connectivity index (χ0) is 19.0. The van der Waals surface area contributed by atoms with E-state index in [9.17, 15) is 9.18 Å². The first-order valence-corrected chi connectivity index (χ1v) is 8.29. The smallest absolute Gasteiger partial charge is 0.400 e. The van der Waals surface area contributed by atoms with Gasteiger partial charge in [0, 0.05) is 24.7 Å². The number of rotatable bonds is 4. The van der Waals surface area contributed by atoms with E-state index in [1.54, 1.807) is 19.1 Å². The molecule has 1 aromatic rings. The number of nitrogen functional groups attached to an aromatic ring is 1. The van der Waals surface area contributed by atoms with Gasteiger partial charge in [0.1, 0.15) is 5.82 Å². The second-order valence-corrected chi connectivity index (χ2v) is 7.45. The van der Waals surface area contributed by atoms with Crippen LogP contribution in [0.1, 0.15) is 45.7 Å². The molecular weight excluding hydrogens is 322 g/mol. The van der Waals surface area contributed by atoms with Crippen LogP contribution in [0.2, 0.25) is 0 Å². The van der Waals surface area contributed by atoms with Gasteiger partial charge < -0.3 is 20.4 Å². The Bertz CT molecular complexity index is 701. The maximum Gasteiger partial charge on any atom is 0.492 e. The highest BCUT2D eigenvalue weighted by atomic mass is 19.1. The highest BCUT2D eigenvalue weighted by Crippen LogP contribution is 2.38. The second kappa shape index (κ2) is 6.80. The molecule has 1 amide bonds. The molecule has 1 heterocycles. The number of carbonyl (C=O) groups is 1. The Morgan fingerprint density at radius 2 is 1.84 bits per heavy atom. The Kier molecular flexibility index (Phi) is 5.30. The van der Waals surface area contributed by atoms with Crippen LogP contribution in [0.15, 0.2) is 17.6 Å². The fourth-order valence-electron chi connectivity index (χ4n) is 2.44. The molecular formula is C18H26BFN2O3. The van der Waals surface area contributed by atoms with Crippen LogP contribution >= 0.6 is 0 Å². The Morgan fingerprint density at radius 1 is 1.28 bits per heavy atom. The van der Waals surface area contributed by atoms with Gasteiger partial charge in [0.05, 0.1) is 11.2 Å². The molecule has 3 N–H and O–H groups in total. The minimum Gasteiger partial charge on any atom is -0.400 e. The predicted molar refractivity (Wildman–Crippen MR) is 98.3 cm³/mol. The molecule has 1 aromatic carbocycles. The van der Waals surface area contributed by atoms with E-state index in [-0.39, 0.29) is 18.3 Å². The number of halogens is 1. The Balaban J connectivity index is 2.40. The van der Waals surface area contributed by atoms with Crippen molar-refractivity contribution in [2.24, 2.45) is 0 Å². The summed E-state index contributed by atoms with van der Waals surface area (Å²) in [7, 11) is -0.682. The van der Waals surface area contributed by atoms with Crippen molar-refractivity contribution in [2.45, 2.75) is 52.7 Å². The maximum atomic E-state index is 14.3. The minimum absolute atomic E-state index is 0.189. The van der Waals surface area contributed by atoms with Gasteiger partial charge in [0.15, 0.2) is 0 Å². The second-order valence-electron chi connectivity index (χ2n) is 7.45. The van der Waals surface area contributed by atoms with Crippen molar-refractivity contribution < 1.29 is 18.5 Å². The molecule has 0 unspecified atom stereocenters. The molecule has 5 nitrogen and oxygen atoms in total. The Hall–Kier alpha value is -1.86. The van der Waals surface area contributed by atoms with Gasteiger partial charge in [-0.3, -0.25) is 4.79 Å². The van der Waals surface area contributed by atoms with E-state index in [1.807, 2.05) is 27.7 Å². The van der Waals surface area contributed by atoms with Gasteiger partial charge in [-0.15, -0.1) is 0 Å². The summed E-state index contributed by atoms with van der Waals surface area (Å²) in [6.07, 6.45) is 1.63. The highest BCUT2D eigenvalue weighted by Gasteiger charge is 2.52. The summed E-state index contributed by atoms with van der Waals surface area (Å²) in [6, 6.07) is 2.96. The number of amides is 1. The van der Waals surface area contributed by atoms with Gasteiger partial charge in [0.2, 0.25) is 5.91 Å². The molecule has 0 saturated carbocycles. The minimum atomic E-state index is -0.682. The lowest BCUT2D eigenvalue weighted by Crippen LogP contribution is -2.41. The normalized spacial score (nSPS) is 19.2. The molecule has 1 aliphatic heterocycles. The van der Waals surface area contributed by atoms with Crippen molar-refractivity contribution in [3.63, 3.8) is 0 Å². The zero-order valence-corrected chi connectivity index (χ0v) is 15.7. The van der Waals surface area contributed by atoms with Crippen LogP contribution in [0.5, 0.6) is 0 Å². The summed E-state index contributed by atoms with van der Waals surface area (Å²) >= 11 is 0. The molecule has 0 spiro atoms. The first-order chi connectivity index (χ1) is 11.4. The number of aryl methyl sites for hydroxylation is 1. The third-order valence-corrected chi connectivity index (χ3v) is 4.82. The molecule has 2 rings (SSSR count). The Labute approximate surface area is 148 Å². The number of anilines is 1. The molecule has 0 bridgehead atoms. The number of carbonyl (C=O) groups excluding carboxylic acids is 1. The van der Waals surface area contributed by atoms with Crippen LogP contribution in [0, 0.1) is 12.7 Å². The third kappa shape index (κ3) is 4.22. The number of hydrogen-bond acceptors (Lipinski definition) is 4. The van der Waals surface area contributed by atoms with Gasteiger partial charge in [-0.25, -0.2) is 4.39 Å². The predicted octanol–water partition coefficient (Wildman–Crippen LogP) is 2.87. The summed E-state index contributed by atoms with van der Waals surface area (Å²) in [5, 5.41) is 2.72. The largest absolute Gasteiger partial charge is 0.492 e. The van der Waals surface area contributed by atoms with E-state index < -0.39 is 18.3 Å². The highest BCUT2D eigenvalue weighted by molar-refractivity contribution is 6.56. The fraction of sp³-hybridized carbons (Fsp3) is 0.500. The van der Waals surface area contributed by atoms with Crippen molar-refractivity contribution in [3.05, 3.63) is 34.5 Å². The summed E-state index contributed by atoms with van der Waals surface area (Å²) in [5.74, 6) is -0.574. The van der Waals surface area contributed by atoms with Crippen LogP contribution in [-0.2, 0) is 14.1 Å². The number of hydrogen-bond donors (Lipinski definition) is 2. The molecule has 1 saturated heterocycles. The van der Waals surface area contributed by atoms with Crippen LogP contribution in [0.3, 0.4) is 0 Å². The molecule has 1 aliphatic rings. The maximum absolute atomic E-state index is 14.3. The lowest BCUT2D eigenvalue weighted by molar-refractivity contribution is -0.118. The van der Waals surface area contributed by atoms with E-state index in [0.717, 1.165) is 0 Å². The topological polar surface area (TPSA) is 73.6 Å². The van der Waals surface area contributed by atoms with E-state index in [4.69, 9.17) is 15.0 Å². The Morgan fingerprint density at radius 3 is 2.36 bits per heavy atom. The fourth-order valence-corrected chi connectivity index (χ4v) is 2.44. The van der Waals surface area contributed by atoms with Gasteiger partial charge >= 0.3 is 7.12 Å². The van der Waals surface area contributed by atoms with E-state index in [0.29, 0.717) is 22.3 Å². The molecule has 25 heavy (non-hydrogen) atoms. The molecule has 0 atom stereocenters. The van der Waals surface area contributed by atoms with Crippen LogP contribution in [0.4, 0.5) is 10.1 Å². The molecule has 136 valence electrons. The first kappa shape index (κ1) is 19.5. The average molecular weight is 348 g/mol. The lowest BCUT2D eigenvalue weighted by atomic mass is 9.76. The molecule has 0 aromatic heterocycles. The zero-order valence-electron chi connectivity index (χ0n) is 15.7. The van der Waals surface area contributed by atoms with Crippen molar-refractivity contribution in [1.29, 1.82) is 0 Å². The summed E-state index contributed by atoms with van der Waals surface area (Å²) < 4.78 is 26.4. The number of nitrogens with one attached hydrogen (secondary N) is 1. The van der Waals surface area contributed by atoms with Crippen molar-refractivity contribution in [2.75, 3.05) is 12.3 Å². The SMILES string of the molecule is CC(=O)NCC(=Cc1cc(N)c(C)cc1F)B1OC(C)(C)C(C)(C)O1. The lowest BCUT2D eigenvalue weighted by Gasteiger charge is -2.32. The quantitative estimate of drug-likeness (QED) is 0.648. The summed E-state index contributed by atoms with van der Waals surface area (Å²) in [4.78, 5) is 11.3. The monoisotopic (exact) mass is 348 g/mol. The first-order valence-electron chi connectivity index (χ1n) is 8.29. The molecule has 0 aliphatic carbocycles. The van der Waals surface area contributed by atoms with Gasteiger partial charge in [-0.1, -0.05) is 6.08 Å². The van der Waals surface area contributed by atoms with Crippen LogP contribution in [0.25, 0.3) is 6.08 Å². The van der Waals surface area contributed by atoms with Crippen molar-refractivity contribution >= 4 is 24.8 Å². The van der Waals surface area contributed by atoms with Gasteiger partial charge in [0.25, 0.3) is 0 Å².